The lowest BCUT2D eigenvalue weighted by Gasteiger charge is -2.23. The van der Waals surface area contributed by atoms with Crippen molar-refractivity contribution in [3.8, 4) is 56.6 Å². The molecule has 0 N–H and O–H groups in total. The van der Waals surface area contributed by atoms with Gasteiger partial charge in [0.1, 0.15) is 0 Å². The van der Waals surface area contributed by atoms with E-state index in [-0.39, 0.29) is 0 Å². The van der Waals surface area contributed by atoms with Crippen molar-refractivity contribution in [3.05, 3.63) is 181 Å². The highest BCUT2D eigenvalue weighted by molar-refractivity contribution is 6.27. The van der Waals surface area contributed by atoms with Crippen LogP contribution in [0.4, 0.5) is 0 Å². The SMILES string of the molecule is N#Cc1cccc(-c2cccc3c(-c4ccc5ccccc5c4)c4c(-c5cccc(C#N)c5)cccc4c(-c4ccc5ccccc5c4)c23)c1. The maximum absolute atomic E-state index is 9.88. The van der Waals surface area contributed by atoms with E-state index in [0.717, 1.165) is 66.1 Å². The van der Waals surface area contributed by atoms with Crippen LogP contribution in [0, 0.1) is 22.7 Å². The Kier molecular flexibility index (Phi) is 6.95. The summed E-state index contributed by atoms with van der Waals surface area (Å²) in [6.07, 6.45) is 0. The molecule has 0 atom stereocenters. The Labute approximate surface area is 290 Å². The molecule has 0 radical (unpaired) electrons. The van der Waals surface area contributed by atoms with Crippen molar-refractivity contribution in [2.45, 2.75) is 0 Å². The molecule has 0 unspecified atom stereocenters. The summed E-state index contributed by atoms with van der Waals surface area (Å²) in [4.78, 5) is 0. The van der Waals surface area contributed by atoms with Gasteiger partial charge in [0.05, 0.1) is 23.3 Å². The van der Waals surface area contributed by atoms with Crippen molar-refractivity contribution in [2.24, 2.45) is 0 Å². The quantitative estimate of drug-likeness (QED) is 0.181. The van der Waals surface area contributed by atoms with Gasteiger partial charge in [-0.05, 0) is 124 Å². The van der Waals surface area contributed by atoms with Crippen LogP contribution in [0.3, 0.4) is 0 Å². The Morgan fingerprint density at radius 3 is 1.18 bits per heavy atom. The largest absolute Gasteiger partial charge is 0.192 e. The van der Waals surface area contributed by atoms with Gasteiger partial charge >= 0.3 is 0 Å². The van der Waals surface area contributed by atoms with Gasteiger partial charge in [-0.15, -0.1) is 0 Å². The molecule has 0 spiro atoms. The molecule has 2 nitrogen and oxygen atoms in total. The van der Waals surface area contributed by atoms with Crippen molar-refractivity contribution in [2.75, 3.05) is 0 Å². The molecule has 0 fully saturated rings. The van der Waals surface area contributed by atoms with Crippen LogP contribution in [0.2, 0.25) is 0 Å². The minimum Gasteiger partial charge on any atom is -0.192 e. The second-order valence-corrected chi connectivity index (χ2v) is 12.7. The number of hydrogen-bond donors (Lipinski definition) is 0. The highest BCUT2D eigenvalue weighted by Gasteiger charge is 2.22. The first-order valence-corrected chi connectivity index (χ1v) is 16.7. The molecular weight excluding hydrogens is 605 g/mol. The number of rotatable bonds is 4. The zero-order chi connectivity index (χ0) is 33.6. The van der Waals surface area contributed by atoms with Crippen LogP contribution < -0.4 is 0 Å². The fourth-order valence-electron chi connectivity index (χ4n) is 7.61. The van der Waals surface area contributed by atoms with Gasteiger partial charge in [0.25, 0.3) is 0 Å². The third-order valence-electron chi connectivity index (χ3n) is 9.85. The summed E-state index contributed by atoms with van der Waals surface area (Å²) in [7, 11) is 0. The van der Waals surface area contributed by atoms with Crippen molar-refractivity contribution in [3.63, 3.8) is 0 Å². The number of nitriles is 2. The van der Waals surface area contributed by atoms with Crippen LogP contribution in [-0.4, -0.2) is 0 Å². The minimum absolute atomic E-state index is 0.627. The summed E-state index contributed by atoms with van der Waals surface area (Å²) >= 11 is 0. The van der Waals surface area contributed by atoms with Crippen LogP contribution in [0.1, 0.15) is 11.1 Å². The lowest BCUT2D eigenvalue weighted by molar-refractivity contribution is 1.48. The Morgan fingerprint density at radius 2 is 0.740 bits per heavy atom. The summed E-state index contributed by atoms with van der Waals surface area (Å²) in [5.74, 6) is 0. The topological polar surface area (TPSA) is 47.6 Å². The third kappa shape index (κ3) is 4.79. The molecule has 0 saturated heterocycles. The van der Waals surface area contributed by atoms with Gasteiger partial charge < -0.3 is 0 Å². The average Bonchev–Trinajstić information content (AvgIpc) is 3.19. The molecular formula is C48H28N2. The summed E-state index contributed by atoms with van der Waals surface area (Å²) in [6.45, 7) is 0. The van der Waals surface area contributed by atoms with Crippen LogP contribution in [-0.2, 0) is 0 Å². The predicted molar refractivity (Wildman–Crippen MR) is 208 cm³/mol. The number of nitrogens with zero attached hydrogens (tertiary/aromatic N) is 2. The van der Waals surface area contributed by atoms with Crippen molar-refractivity contribution in [1.29, 1.82) is 10.5 Å². The van der Waals surface area contributed by atoms with Crippen LogP contribution in [0.25, 0.3) is 87.6 Å². The molecule has 0 aliphatic rings. The minimum atomic E-state index is 0.627. The highest BCUT2D eigenvalue weighted by Crippen LogP contribution is 2.50. The van der Waals surface area contributed by atoms with E-state index in [1.165, 1.54) is 21.5 Å². The molecule has 0 heterocycles. The van der Waals surface area contributed by atoms with Gasteiger partial charge in [0.15, 0.2) is 0 Å². The maximum atomic E-state index is 9.88. The number of hydrogen-bond acceptors (Lipinski definition) is 2. The van der Waals surface area contributed by atoms with Crippen molar-refractivity contribution in [1.82, 2.24) is 0 Å². The highest BCUT2D eigenvalue weighted by atomic mass is 14.3. The second kappa shape index (κ2) is 11.9. The zero-order valence-electron chi connectivity index (χ0n) is 27.1. The Balaban J connectivity index is 1.52. The first kappa shape index (κ1) is 29.2. The summed E-state index contributed by atoms with van der Waals surface area (Å²) in [6, 6.07) is 64.1. The van der Waals surface area contributed by atoms with Gasteiger partial charge in [-0.2, -0.15) is 10.5 Å². The molecule has 50 heavy (non-hydrogen) atoms. The molecule has 0 aliphatic heterocycles. The van der Waals surface area contributed by atoms with Crippen LogP contribution >= 0.6 is 0 Å². The standard InChI is InChI=1S/C48H28N2/c49-29-31-9-5-15-37(25-31)41-17-8-20-44-46(40-24-22-34-12-2-4-14-36(34)28-40)48-42(38-16-6-10-32(26-38)30-50)18-7-19-43(48)45(47(41)44)39-23-21-33-11-1-3-13-35(33)27-39/h1-28H. The Morgan fingerprint density at radius 1 is 0.320 bits per heavy atom. The van der Waals surface area contributed by atoms with Gasteiger partial charge in [-0.1, -0.05) is 133 Å². The van der Waals surface area contributed by atoms with Gasteiger partial charge in [-0.3, -0.25) is 0 Å². The van der Waals surface area contributed by atoms with E-state index in [1.807, 2.05) is 36.4 Å². The lowest BCUT2D eigenvalue weighted by atomic mass is 9.80. The summed E-state index contributed by atoms with van der Waals surface area (Å²) in [5, 5.41) is 29.0. The molecule has 2 heteroatoms. The molecule has 0 aromatic heterocycles. The summed E-state index contributed by atoms with van der Waals surface area (Å²) < 4.78 is 0. The molecule has 0 saturated carbocycles. The van der Waals surface area contributed by atoms with E-state index >= 15 is 0 Å². The van der Waals surface area contributed by atoms with E-state index in [0.29, 0.717) is 11.1 Å². The smallest absolute Gasteiger partial charge is 0.0991 e. The first-order valence-electron chi connectivity index (χ1n) is 16.7. The fraction of sp³-hybridized carbons (Fsp3) is 0. The molecule has 9 aromatic carbocycles. The molecule has 230 valence electrons. The molecule has 0 aliphatic carbocycles. The van der Waals surface area contributed by atoms with Crippen LogP contribution in [0.5, 0.6) is 0 Å². The van der Waals surface area contributed by atoms with Crippen molar-refractivity contribution < 1.29 is 0 Å². The lowest BCUT2D eigenvalue weighted by Crippen LogP contribution is -1.95. The normalized spacial score (nSPS) is 11.2. The Hall–Kier alpha value is -7.00. The van der Waals surface area contributed by atoms with Gasteiger partial charge in [0, 0.05) is 0 Å². The summed E-state index contributed by atoms with van der Waals surface area (Å²) in [5.41, 5.74) is 9.92. The predicted octanol–water partition coefficient (Wildman–Crippen LogP) is 12.7. The first-order chi connectivity index (χ1) is 24.7. The molecule has 0 bridgehead atoms. The van der Waals surface area contributed by atoms with Crippen LogP contribution in [0.15, 0.2) is 170 Å². The Bertz CT molecular complexity index is 2700. The number of fused-ring (bicyclic) bond motifs is 4. The average molecular weight is 633 g/mol. The van der Waals surface area contributed by atoms with E-state index in [1.54, 1.807) is 0 Å². The molecule has 9 aromatic rings. The molecule has 9 rings (SSSR count). The van der Waals surface area contributed by atoms with E-state index in [4.69, 9.17) is 0 Å². The maximum Gasteiger partial charge on any atom is 0.0991 e. The van der Waals surface area contributed by atoms with Gasteiger partial charge in [0.2, 0.25) is 0 Å². The monoisotopic (exact) mass is 632 g/mol. The third-order valence-corrected chi connectivity index (χ3v) is 9.85. The van der Waals surface area contributed by atoms with Crippen molar-refractivity contribution >= 4 is 43.1 Å². The van der Waals surface area contributed by atoms with Gasteiger partial charge in [-0.25, -0.2) is 0 Å². The zero-order valence-corrected chi connectivity index (χ0v) is 27.1. The van der Waals surface area contributed by atoms with E-state index in [2.05, 4.69) is 146 Å². The number of benzene rings is 9. The fourth-order valence-corrected chi connectivity index (χ4v) is 7.61. The van der Waals surface area contributed by atoms with E-state index in [9.17, 15) is 10.5 Å². The van der Waals surface area contributed by atoms with E-state index < -0.39 is 0 Å². The molecule has 0 amide bonds. The second-order valence-electron chi connectivity index (χ2n) is 12.7.